The molecule has 0 spiro atoms. The molecule has 0 radical (unpaired) electrons. The van der Waals surface area contributed by atoms with Gasteiger partial charge in [0.05, 0.1) is 0 Å². The number of benzene rings is 1. The van der Waals surface area contributed by atoms with E-state index in [1.165, 1.54) is 16.0 Å². The molecule has 3 N–H and O–H groups in total. The summed E-state index contributed by atoms with van der Waals surface area (Å²) in [7, 11) is 1.86. The number of likely N-dealkylation sites (N-methyl/N-ethyl adjacent to an activating group) is 1. The van der Waals surface area contributed by atoms with Crippen LogP contribution in [0.2, 0.25) is 0 Å². The Balaban J connectivity index is 1.95. The zero-order valence-electron chi connectivity index (χ0n) is 13.2. The fourth-order valence-corrected chi connectivity index (χ4v) is 4.59. The molecule has 1 aromatic carbocycles. The first-order valence-corrected chi connectivity index (χ1v) is 8.67. The molecular formula is C17H26N2OS. The van der Waals surface area contributed by atoms with Gasteiger partial charge in [-0.1, -0.05) is 24.1 Å². The van der Waals surface area contributed by atoms with Gasteiger partial charge in [0.2, 0.25) is 5.91 Å². The number of carbonyl (C=O) groups excluding carboxylic acids is 1. The second-order valence-corrected chi connectivity index (χ2v) is 7.22. The summed E-state index contributed by atoms with van der Waals surface area (Å²) in [6.45, 7) is 4.28. The van der Waals surface area contributed by atoms with Crippen LogP contribution < -0.4 is 11.1 Å². The SMILES string of the molecule is CNC1(C(N)=O)CCCC1CCSc1ccc(C)cc1C. The Morgan fingerprint density at radius 1 is 1.48 bits per heavy atom. The van der Waals surface area contributed by atoms with Crippen LogP contribution in [0.4, 0.5) is 0 Å². The van der Waals surface area contributed by atoms with Crippen LogP contribution in [-0.4, -0.2) is 24.2 Å². The molecule has 116 valence electrons. The number of thioether (sulfide) groups is 1. The second-order valence-electron chi connectivity index (χ2n) is 6.08. The second kappa shape index (κ2) is 6.84. The lowest BCUT2D eigenvalue weighted by molar-refractivity contribution is -0.125. The summed E-state index contributed by atoms with van der Waals surface area (Å²) >= 11 is 1.89. The summed E-state index contributed by atoms with van der Waals surface area (Å²) in [5, 5.41) is 3.21. The average molecular weight is 306 g/mol. The maximum atomic E-state index is 11.8. The largest absolute Gasteiger partial charge is 0.368 e. The Labute approximate surface area is 132 Å². The minimum absolute atomic E-state index is 0.191. The van der Waals surface area contributed by atoms with Gasteiger partial charge in [0.15, 0.2) is 0 Å². The molecule has 3 nitrogen and oxygen atoms in total. The van der Waals surface area contributed by atoms with Crippen molar-refractivity contribution in [2.45, 2.75) is 50.0 Å². The zero-order chi connectivity index (χ0) is 15.5. The molecule has 0 bridgehead atoms. The van der Waals surface area contributed by atoms with Crippen LogP contribution in [0.3, 0.4) is 0 Å². The third-order valence-corrected chi connectivity index (χ3v) is 5.97. The van der Waals surface area contributed by atoms with Crippen molar-refractivity contribution in [3.8, 4) is 0 Å². The lowest BCUT2D eigenvalue weighted by Crippen LogP contribution is -2.56. The summed E-state index contributed by atoms with van der Waals surface area (Å²) < 4.78 is 0. The van der Waals surface area contributed by atoms with Gasteiger partial charge in [-0.15, -0.1) is 11.8 Å². The summed E-state index contributed by atoms with van der Waals surface area (Å²) in [4.78, 5) is 13.2. The number of hydrogen-bond acceptors (Lipinski definition) is 3. The quantitative estimate of drug-likeness (QED) is 0.794. The highest BCUT2D eigenvalue weighted by molar-refractivity contribution is 7.99. The van der Waals surface area contributed by atoms with Crippen LogP contribution in [0.5, 0.6) is 0 Å². The van der Waals surface area contributed by atoms with Crippen LogP contribution in [0.1, 0.15) is 36.8 Å². The molecule has 0 heterocycles. The number of hydrogen-bond donors (Lipinski definition) is 2. The molecule has 0 saturated heterocycles. The van der Waals surface area contributed by atoms with Crippen molar-refractivity contribution in [3.63, 3.8) is 0 Å². The molecule has 1 fully saturated rings. The van der Waals surface area contributed by atoms with Crippen molar-refractivity contribution in [1.29, 1.82) is 0 Å². The van der Waals surface area contributed by atoms with Crippen LogP contribution >= 0.6 is 11.8 Å². The van der Waals surface area contributed by atoms with Crippen molar-refractivity contribution >= 4 is 17.7 Å². The van der Waals surface area contributed by atoms with Gasteiger partial charge in [-0.05, 0) is 63.5 Å². The Hall–Kier alpha value is -1.00. The van der Waals surface area contributed by atoms with E-state index in [-0.39, 0.29) is 5.91 Å². The van der Waals surface area contributed by atoms with Crippen molar-refractivity contribution in [2.75, 3.05) is 12.8 Å². The molecule has 2 rings (SSSR count). The lowest BCUT2D eigenvalue weighted by Gasteiger charge is -2.32. The minimum Gasteiger partial charge on any atom is -0.368 e. The van der Waals surface area contributed by atoms with Gasteiger partial charge in [0.1, 0.15) is 5.54 Å². The lowest BCUT2D eigenvalue weighted by atomic mass is 9.84. The molecule has 0 aromatic heterocycles. The molecule has 21 heavy (non-hydrogen) atoms. The van der Waals surface area contributed by atoms with E-state index in [9.17, 15) is 4.79 Å². The monoisotopic (exact) mass is 306 g/mol. The van der Waals surface area contributed by atoms with Crippen molar-refractivity contribution in [1.82, 2.24) is 5.32 Å². The Bertz CT molecular complexity index is 518. The zero-order valence-corrected chi connectivity index (χ0v) is 14.1. The number of nitrogens with two attached hydrogens (primary N) is 1. The summed E-state index contributed by atoms with van der Waals surface area (Å²) in [5.41, 5.74) is 7.80. The summed E-state index contributed by atoms with van der Waals surface area (Å²) in [6.07, 6.45) is 4.08. The van der Waals surface area contributed by atoms with Gasteiger partial charge in [-0.2, -0.15) is 0 Å². The van der Waals surface area contributed by atoms with Crippen LogP contribution in [-0.2, 0) is 4.79 Å². The maximum Gasteiger partial charge on any atom is 0.238 e. The van der Waals surface area contributed by atoms with Gasteiger partial charge >= 0.3 is 0 Å². The molecule has 2 unspecified atom stereocenters. The smallest absolute Gasteiger partial charge is 0.238 e. The average Bonchev–Trinajstić information content (AvgIpc) is 2.85. The Morgan fingerprint density at radius 3 is 2.86 bits per heavy atom. The molecule has 0 aliphatic heterocycles. The normalized spacial score (nSPS) is 25.2. The highest BCUT2D eigenvalue weighted by Crippen LogP contribution is 2.39. The van der Waals surface area contributed by atoms with Crippen molar-refractivity contribution < 1.29 is 4.79 Å². The molecular weight excluding hydrogens is 280 g/mol. The minimum atomic E-state index is -0.483. The van der Waals surface area contributed by atoms with Crippen molar-refractivity contribution in [2.24, 2.45) is 11.7 Å². The predicted octanol–water partition coefficient (Wildman–Crippen LogP) is 3.03. The molecule has 1 amide bonds. The van der Waals surface area contributed by atoms with E-state index in [1.54, 1.807) is 0 Å². The number of carbonyl (C=O) groups is 1. The summed E-state index contributed by atoms with van der Waals surface area (Å²) in [5.74, 6) is 1.20. The highest BCUT2D eigenvalue weighted by atomic mass is 32.2. The van der Waals surface area contributed by atoms with E-state index in [4.69, 9.17) is 5.73 Å². The third-order valence-electron chi connectivity index (χ3n) is 4.76. The maximum absolute atomic E-state index is 11.8. The van der Waals surface area contributed by atoms with Gasteiger partial charge in [-0.3, -0.25) is 4.79 Å². The van der Waals surface area contributed by atoms with Gasteiger partial charge in [0, 0.05) is 4.90 Å². The van der Waals surface area contributed by atoms with Gasteiger partial charge in [0.25, 0.3) is 0 Å². The van der Waals surface area contributed by atoms with E-state index in [1.807, 2.05) is 18.8 Å². The first-order valence-electron chi connectivity index (χ1n) is 7.68. The van der Waals surface area contributed by atoms with Gasteiger partial charge in [-0.25, -0.2) is 0 Å². The molecule has 1 aliphatic rings. The van der Waals surface area contributed by atoms with Crippen LogP contribution in [0.15, 0.2) is 23.1 Å². The highest BCUT2D eigenvalue weighted by Gasteiger charge is 2.45. The molecule has 1 aliphatic carbocycles. The number of nitrogens with one attached hydrogen (secondary N) is 1. The third kappa shape index (κ3) is 3.43. The fraction of sp³-hybridized carbons (Fsp3) is 0.588. The van der Waals surface area contributed by atoms with E-state index in [0.29, 0.717) is 5.92 Å². The fourth-order valence-electron chi connectivity index (χ4n) is 3.52. The van der Waals surface area contributed by atoms with E-state index < -0.39 is 5.54 Å². The number of primary amides is 1. The van der Waals surface area contributed by atoms with Gasteiger partial charge < -0.3 is 11.1 Å². The standard InChI is InChI=1S/C17H26N2OS/c1-12-6-7-15(13(2)11-12)21-10-8-14-5-4-9-17(14,19-3)16(18)20/h6-7,11,14,19H,4-5,8-10H2,1-3H3,(H2,18,20). The molecule has 1 saturated carbocycles. The number of rotatable bonds is 6. The molecule has 4 heteroatoms. The van der Waals surface area contributed by atoms with E-state index in [2.05, 4.69) is 37.4 Å². The first kappa shape index (κ1) is 16.4. The number of aryl methyl sites for hydroxylation is 2. The first-order chi connectivity index (χ1) is 9.99. The van der Waals surface area contributed by atoms with E-state index in [0.717, 1.165) is 31.4 Å². The van der Waals surface area contributed by atoms with Crippen molar-refractivity contribution in [3.05, 3.63) is 29.3 Å². The van der Waals surface area contributed by atoms with E-state index >= 15 is 0 Å². The Kier molecular flexibility index (Phi) is 5.33. The predicted molar refractivity (Wildman–Crippen MR) is 89.6 cm³/mol. The van der Waals surface area contributed by atoms with Crippen LogP contribution in [0.25, 0.3) is 0 Å². The Morgan fingerprint density at radius 2 is 2.24 bits per heavy atom. The molecule has 2 atom stereocenters. The molecule has 1 aromatic rings. The number of amides is 1. The summed E-state index contributed by atoms with van der Waals surface area (Å²) in [6, 6.07) is 6.58. The topological polar surface area (TPSA) is 55.1 Å². The van der Waals surface area contributed by atoms with Crippen LogP contribution in [0, 0.1) is 19.8 Å².